The van der Waals surface area contributed by atoms with Gasteiger partial charge in [-0.05, 0) is 38.5 Å². The van der Waals surface area contributed by atoms with Gasteiger partial charge in [0.05, 0.1) is 25.1 Å². The molecule has 20 heavy (non-hydrogen) atoms. The molecule has 0 radical (unpaired) electrons. The van der Waals surface area contributed by atoms with Crippen LogP contribution in [0.15, 0.2) is 24.4 Å². The predicted molar refractivity (Wildman–Crippen MR) is 80.4 cm³/mol. The summed E-state index contributed by atoms with van der Waals surface area (Å²) in [7, 11) is 0. The molecule has 0 saturated heterocycles. The first-order chi connectivity index (χ1) is 9.78. The molecule has 108 valence electrons. The highest BCUT2D eigenvalue weighted by atomic mass is 16.5. The summed E-state index contributed by atoms with van der Waals surface area (Å²) < 4.78 is 11.2. The first-order valence-corrected chi connectivity index (χ1v) is 7.22. The van der Waals surface area contributed by atoms with Gasteiger partial charge in [-0.15, -0.1) is 0 Å². The molecular weight excluding hydrogens is 252 g/mol. The number of nitrogens with zero attached hydrogens (tertiary/aromatic N) is 1. The van der Waals surface area contributed by atoms with Crippen LogP contribution in [0.2, 0.25) is 0 Å². The van der Waals surface area contributed by atoms with Gasteiger partial charge in [-0.1, -0.05) is 6.92 Å². The van der Waals surface area contributed by atoms with Crippen LogP contribution in [0.25, 0.3) is 11.3 Å². The second-order valence-corrected chi connectivity index (χ2v) is 4.52. The van der Waals surface area contributed by atoms with E-state index in [2.05, 4.69) is 16.9 Å². The van der Waals surface area contributed by atoms with Gasteiger partial charge in [0.15, 0.2) is 11.5 Å². The second-order valence-electron chi connectivity index (χ2n) is 4.52. The first kappa shape index (κ1) is 14.4. The number of aromatic nitrogens is 2. The molecule has 1 aromatic heterocycles. The Balaban J connectivity index is 2.28. The Morgan fingerprint density at radius 2 is 1.80 bits per heavy atom. The van der Waals surface area contributed by atoms with Crippen LogP contribution in [0, 0.1) is 0 Å². The summed E-state index contributed by atoms with van der Waals surface area (Å²) in [4.78, 5) is 7.73. The molecule has 2 aromatic rings. The molecule has 1 heterocycles. The molecule has 0 fully saturated rings. The molecule has 4 heteroatoms. The van der Waals surface area contributed by atoms with E-state index in [0.717, 1.165) is 41.4 Å². The highest BCUT2D eigenvalue weighted by molar-refractivity contribution is 5.63. The molecule has 2 rings (SSSR count). The standard InChI is InChI=1S/C16H22N2O2/c1-4-7-16-17-11-13(18-16)12-8-9-14(19-5-2)15(10-12)20-6-3/h8-11H,4-7H2,1-3H3,(H,17,18). The largest absolute Gasteiger partial charge is 0.490 e. The minimum atomic E-state index is 0.619. The van der Waals surface area contributed by atoms with Gasteiger partial charge >= 0.3 is 0 Å². The number of benzene rings is 1. The van der Waals surface area contributed by atoms with Crippen LogP contribution in [0.3, 0.4) is 0 Å². The summed E-state index contributed by atoms with van der Waals surface area (Å²) in [5.74, 6) is 2.58. The van der Waals surface area contributed by atoms with Crippen LogP contribution in [0.1, 0.15) is 33.0 Å². The Bertz CT molecular complexity index is 549. The number of rotatable bonds is 7. The minimum Gasteiger partial charge on any atom is -0.490 e. The van der Waals surface area contributed by atoms with Crippen LogP contribution in [0.5, 0.6) is 11.5 Å². The molecule has 0 aliphatic heterocycles. The second kappa shape index (κ2) is 6.98. The fraction of sp³-hybridized carbons (Fsp3) is 0.438. The van der Waals surface area contributed by atoms with E-state index in [1.54, 1.807) is 0 Å². The van der Waals surface area contributed by atoms with E-state index < -0.39 is 0 Å². The molecule has 0 atom stereocenters. The van der Waals surface area contributed by atoms with Crippen LogP contribution < -0.4 is 9.47 Å². The van der Waals surface area contributed by atoms with Crippen LogP contribution >= 0.6 is 0 Å². The smallest absolute Gasteiger partial charge is 0.161 e. The van der Waals surface area contributed by atoms with Gasteiger partial charge in [0.25, 0.3) is 0 Å². The number of H-pyrrole nitrogens is 1. The number of hydrogen-bond acceptors (Lipinski definition) is 3. The van der Waals surface area contributed by atoms with E-state index in [1.165, 1.54) is 0 Å². The maximum absolute atomic E-state index is 5.65. The van der Waals surface area contributed by atoms with Crippen molar-refractivity contribution in [2.24, 2.45) is 0 Å². The summed E-state index contributed by atoms with van der Waals surface area (Å²) in [6.45, 7) is 7.33. The van der Waals surface area contributed by atoms with Gasteiger partial charge in [-0.3, -0.25) is 0 Å². The van der Waals surface area contributed by atoms with Gasteiger partial charge in [0, 0.05) is 12.0 Å². The first-order valence-electron chi connectivity index (χ1n) is 7.22. The van der Waals surface area contributed by atoms with Crippen molar-refractivity contribution in [3.63, 3.8) is 0 Å². The molecule has 1 N–H and O–H groups in total. The van der Waals surface area contributed by atoms with Crippen LogP contribution in [-0.2, 0) is 6.42 Å². The molecule has 0 unspecified atom stereocenters. The summed E-state index contributed by atoms with van der Waals surface area (Å²) in [5.41, 5.74) is 2.07. The van der Waals surface area contributed by atoms with Gasteiger partial charge in [0.1, 0.15) is 5.82 Å². The Labute approximate surface area is 120 Å². The maximum atomic E-state index is 5.65. The quantitative estimate of drug-likeness (QED) is 0.834. The minimum absolute atomic E-state index is 0.619. The van der Waals surface area contributed by atoms with E-state index in [1.807, 2.05) is 38.2 Å². The van der Waals surface area contributed by atoms with E-state index in [9.17, 15) is 0 Å². The third-order valence-corrected chi connectivity index (χ3v) is 2.97. The fourth-order valence-electron chi connectivity index (χ4n) is 2.09. The average Bonchev–Trinajstić information content (AvgIpc) is 2.90. The number of aromatic amines is 1. The van der Waals surface area contributed by atoms with E-state index in [0.29, 0.717) is 13.2 Å². The zero-order valence-electron chi connectivity index (χ0n) is 12.4. The normalized spacial score (nSPS) is 10.6. The van der Waals surface area contributed by atoms with Gasteiger partial charge in [0.2, 0.25) is 0 Å². The number of aryl methyl sites for hydroxylation is 1. The summed E-state index contributed by atoms with van der Waals surface area (Å²) in [6, 6.07) is 5.97. The summed E-state index contributed by atoms with van der Waals surface area (Å²) in [5, 5.41) is 0. The van der Waals surface area contributed by atoms with E-state index >= 15 is 0 Å². The lowest BCUT2D eigenvalue weighted by Gasteiger charge is -2.11. The highest BCUT2D eigenvalue weighted by Gasteiger charge is 2.09. The van der Waals surface area contributed by atoms with Crippen molar-refractivity contribution in [2.75, 3.05) is 13.2 Å². The zero-order valence-corrected chi connectivity index (χ0v) is 12.4. The lowest BCUT2D eigenvalue weighted by Crippen LogP contribution is -1.98. The monoisotopic (exact) mass is 274 g/mol. The summed E-state index contributed by atoms with van der Waals surface area (Å²) >= 11 is 0. The van der Waals surface area contributed by atoms with Crippen molar-refractivity contribution in [3.05, 3.63) is 30.2 Å². The molecule has 1 aromatic carbocycles. The van der Waals surface area contributed by atoms with Crippen molar-refractivity contribution in [1.82, 2.24) is 9.97 Å². The van der Waals surface area contributed by atoms with E-state index in [-0.39, 0.29) is 0 Å². The molecule has 0 saturated carbocycles. The third-order valence-electron chi connectivity index (χ3n) is 2.97. The number of imidazole rings is 1. The Hall–Kier alpha value is -1.97. The fourth-order valence-corrected chi connectivity index (χ4v) is 2.09. The Kier molecular flexibility index (Phi) is 5.04. The van der Waals surface area contributed by atoms with Crippen molar-refractivity contribution in [1.29, 1.82) is 0 Å². The molecule has 4 nitrogen and oxygen atoms in total. The zero-order chi connectivity index (χ0) is 14.4. The van der Waals surface area contributed by atoms with E-state index in [4.69, 9.17) is 9.47 Å². The molecule has 0 bridgehead atoms. The SMILES string of the molecule is CCCc1ncc(-c2ccc(OCC)c(OCC)c2)[nH]1. The van der Waals surface area contributed by atoms with Gasteiger partial charge in [-0.25, -0.2) is 4.98 Å². The number of ether oxygens (including phenoxy) is 2. The highest BCUT2D eigenvalue weighted by Crippen LogP contribution is 2.32. The van der Waals surface area contributed by atoms with Crippen molar-refractivity contribution < 1.29 is 9.47 Å². The topological polar surface area (TPSA) is 47.1 Å². The van der Waals surface area contributed by atoms with Crippen molar-refractivity contribution >= 4 is 0 Å². The lowest BCUT2D eigenvalue weighted by atomic mass is 10.1. The van der Waals surface area contributed by atoms with Crippen LogP contribution in [0.4, 0.5) is 0 Å². The maximum Gasteiger partial charge on any atom is 0.161 e. The molecule has 0 spiro atoms. The molecule has 0 aliphatic rings. The third kappa shape index (κ3) is 3.32. The summed E-state index contributed by atoms with van der Waals surface area (Å²) in [6.07, 6.45) is 3.92. The Morgan fingerprint density at radius 1 is 1.05 bits per heavy atom. The van der Waals surface area contributed by atoms with Crippen molar-refractivity contribution in [3.8, 4) is 22.8 Å². The predicted octanol–water partition coefficient (Wildman–Crippen LogP) is 3.83. The van der Waals surface area contributed by atoms with Crippen LogP contribution in [-0.4, -0.2) is 23.2 Å². The van der Waals surface area contributed by atoms with Gasteiger partial charge < -0.3 is 14.5 Å². The number of hydrogen-bond donors (Lipinski definition) is 1. The molecule has 0 amide bonds. The lowest BCUT2D eigenvalue weighted by molar-refractivity contribution is 0.288. The molecular formula is C16H22N2O2. The van der Waals surface area contributed by atoms with Gasteiger partial charge in [-0.2, -0.15) is 0 Å². The number of nitrogens with one attached hydrogen (secondary N) is 1. The van der Waals surface area contributed by atoms with Crippen molar-refractivity contribution in [2.45, 2.75) is 33.6 Å². The Morgan fingerprint density at radius 3 is 2.50 bits per heavy atom. The molecule has 0 aliphatic carbocycles. The average molecular weight is 274 g/mol.